The van der Waals surface area contributed by atoms with Crippen molar-refractivity contribution < 1.29 is 0 Å². The number of aliphatic imine (C=N–C) groups is 1. The zero-order chi connectivity index (χ0) is 36.5. The Bertz CT molecular complexity index is 2360. The van der Waals surface area contributed by atoms with E-state index in [9.17, 15) is 0 Å². The molecule has 0 saturated carbocycles. The van der Waals surface area contributed by atoms with E-state index in [1.807, 2.05) is 55.6 Å². The maximum absolute atomic E-state index is 6.84. The van der Waals surface area contributed by atoms with Gasteiger partial charge in [-0.05, 0) is 91.7 Å². The van der Waals surface area contributed by atoms with E-state index in [0.29, 0.717) is 12.3 Å². The molecule has 258 valence electrons. The lowest BCUT2D eigenvalue weighted by Gasteiger charge is -2.29. The van der Waals surface area contributed by atoms with Gasteiger partial charge < -0.3 is 16.0 Å². The van der Waals surface area contributed by atoms with E-state index in [2.05, 4.69) is 146 Å². The molecule has 1 unspecified atom stereocenters. The molecule has 0 saturated heterocycles. The average molecular weight is 697 g/mol. The Morgan fingerprint density at radius 3 is 2.50 bits per heavy atom. The van der Waals surface area contributed by atoms with Crippen LogP contribution in [0.5, 0.6) is 0 Å². The van der Waals surface area contributed by atoms with Gasteiger partial charge in [-0.3, -0.25) is 0 Å². The number of allylic oxidation sites excluding steroid dienone is 11. The largest absolute Gasteiger partial charge is 0.384 e. The van der Waals surface area contributed by atoms with E-state index in [0.717, 1.165) is 55.3 Å². The second kappa shape index (κ2) is 16.7. The number of thiophene rings is 1. The van der Waals surface area contributed by atoms with Gasteiger partial charge in [-0.25, -0.2) is 4.99 Å². The molecule has 0 amide bonds. The number of hydrogen-bond acceptors (Lipinski definition) is 4. The summed E-state index contributed by atoms with van der Waals surface area (Å²) in [5.41, 5.74) is 15.3. The van der Waals surface area contributed by atoms with Crippen molar-refractivity contribution in [2.24, 2.45) is 10.7 Å². The molecule has 2 heterocycles. The van der Waals surface area contributed by atoms with Crippen LogP contribution in [0.4, 0.5) is 11.4 Å². The van der Waals surface area contributed by atoms with Crippen molar-refractivity contribution in [2.75, 3.05) is 4.90 Å². The molecule has 4 aromatic carbocycles. The highest BCUT2D eigenvalue weighted by molar-refractivity contribution is 7.26. The number of fused-ring (bicyclic) bond motifs is 3. The first-order valence-corrected chi connectivity index (χ1v) is 18.2. The molecule has 6 rings (SSSR count). The van der Waals surface area contributed by atoms with Crippen molar-refractivity contribution in [3.05, 3.63) is 217 Å². The van der Waals surface area contributed by atoms with Crippen LogP contribution in [0.1, 0.15) is 36.1 Å². The fourth-order valence-corrected chi connectivity index (χ4v) is 7.55. The molecular weight excluding hydrogens is 653 g/mol. The maximum atomic E-state index is 6.84. The number of nitrogens with two attached hydrogens (primary N) is 1. The summed E-state index contributed by atoms with van der Waals surface area (Å²) in [7, 11) is 0. The van der Waals surface area contributed by atoms with Gasteiger partial charge in [-0.1, -0.05) is 123 Å². The quantitative estimate of drug-likeness (QED) is 0.0964. The summed E-state index contributed by atoms with van der Waals surface area (Å²) < 4.78 is 2.38. The first kappa shape index (κ1) is 35.6. The molecule has 0 fully saturated rings. The van der Waals surface area contributed by atoms with E-state index in [4.69, 9.17) is 10.7 Å². The van der Waals surface area contributed by atoms with Crippen LogP contribution >= 0.6 is 11.3 Å². The molecule has 0 radical (unpaired) electrons. The second-order valence-corrected chi connectivity index (χ2v) is 13.5. The number of para-hydroxylation sites is 2. The number of rotatable bonds is 8. The van der Waals surface area contributed by atoms with Gasteiger partial charge in [0.15, 0.2) is 0 Å². The third-order valence-corrected chi connectivity index (χ3v) is 10.2. The molecule has 1 aliphatic heterocycles. The molecule has 52 heavy (non-hydrogen) atoms. The minimum atomic E-state index is -0.104. The SMILES string of the molecule is C=C/C=C(\C=C/C)N(C1=C/C(=C)C(=C)/C=C\C=C/CC(c2ccccc2N=C(N)c2cccc3c2sc2ccccc23)N/C=C\1)c1ccccc1C. The topological polar surface area (TPSA) is 53.6 Å². The van der Waals surface area contributed by atoms with Crippen molar-refractivity contribution in [1.82, 2.24) is 5.32 Å². The van der Waals surface area contributed by atoms with E-state index < -0.39 is 0 Å². The minimum Gasteiger partial charge on any atom is -0.384 e. The van der Waals surface area contributed by atoms with Gasteiger partial charge in [0.25, 0.3) is 0 Å². The van der Waals surface area contributed by atoms with Crippen molar-refractivity contribution in [1.29, 1.82) is 0 Å². The van der Waals surface area contributed by atoms with Crippen molar-refractivity contribution in [3.63, 3.8) is 0 Å². The molecule has 0 spiro atoms. The maximum Gasteiger partial charge on any atom is 0.132 e. The summed E-state index contributed by atoms with van der Waals surface area (Å²) in [6, 6.07) is 31.2. The lowest BCUT2D eigenvalue weighted by atomic mass is 10.0. The number of hydrogen-bond donors (Lipinski definition) is 2. The summed E-state index contributed by atoms with van der Waals surface area (Å²) in [5, 5.41) is 6.14. The van der Waals surface area contributed by atoms with Crippen molar-refractivity contribution in [2.45, 2.75) is 26.3 Å². The molecule has 0 bridgehead atoms. The first-order chi connectivity index (χ1) is 25.4. The number of benzene rings is 4. The van der Waals surface area contributed by atoms with E-state index in [1.165, 1.54) is 15.5 Å². The molecular formula is C47H44N4S. The Labute approximate surface area is 311 Å². The number of aryl methyl sites for hydroxylation is 1. The fraction of sp³-hybridized carbons (Fsp3) is 0.0851. The summed E-state index contributed by atoms with van der Waals surface area (Å²) in [6.07, 6.45) is 23.0. The highest BCUT2D eigenvalue weighted by Gasteiger charge is 2.18. The third kappa shape index (κ3) is 7.91. The number of nitrogens with one attached hydrogen (secondary N) is 1. The summed E-state index contributed by atoms with van der Waals surface area (Å²) in [5.74, 6) is 0.491. The molecule has 1 aliphatic rings. The van der Waals surface area contributed by atoms with Crippen LogP contribution in [0, 0.1) is 6.92 Å². The fourth-order valence-electron chi connectivity index (χ4n) is 6.33. The Hall–Kier alpha value is -6.17. The summed E-state index contributed by atoms with van der Waals surface area (Å²) in [6.45, 7) is 16.8. The van der Waals surface area contributed by atoms with Gasteiger partial charge in [-0.2, -0.15) is 0 Å². The highest BCUT2D eigenvalue weighted by atomic mass is 32.1. The predicted octanol–water partition coefficient (Wildman–Crippen LogP) is 12.2. The van der Waals surface area contributed by atoms with Gasteiger partial charge in [0.05, 0.1) is 11.7 Å². The van der Waals surface area contributed by atoms with Crippen LogP contribution < -0.4 is 16.0 Å². The van der Waals surface area contributed by atoms with Gasteiger partial charge in [0.2, 0.25) is 0 Å². The van der Waals surface area contributed by atoms with Gasteiger partial charge in [0.1, 0.15) is 5.84 Å². The molecule has 5 aromatic rings. The molecule has 0 aliphatic carbocycles. The average Bonchev–Trinajstić information content (AvgIpc) is 3.54. The highest BCUT2D eigenvalue weighted by Crippen LogP contribution is 2.37. The van der Waals surface area contributed by atoms with Crippen molar-refractivity contribution in [3.8, 4) is 0 Å². The predicted molar refractivity (Wildman–Crippen MR) is 227 cm³/mol. The molecule has 5 heteroatoms. The Balaban J connectivity index is 1.42. The smallest absolute Gasteiger partial charge is 0.132 e. The zero-order valence-corrected chi connectivity index (χ0v) is 30.6. The van der Waals surface area contributed by atoms with E-state index in [-0.39, 0.29) is 6.04 Å². The Kier molecular flexibility index (Phi) is 11.4. The lowest BCUT2D eigenvalue weighted by molar-refractivity contribution is 0.632. The lowest BCUT2D eigenvalue weighted by Crippen LogP contribution is -2.22. The molecule has 1 atom stereocenters. The third-order valence-electron chi connectivity index (χ3n) is 8.93. The molecule has 3 N–H and O–H groups in total. The van der Waals surface area contributed by atoms with Gasteiger partial charge in [-0.15, -0.1) is 11.3 Å². The van der Waals surface area contributed by atoms with Crippen molar-refractivity contribution >= 4 is 48.7 Å². The van der Waals surface area contributed by atoms with Crippen LogP contribution in [0.2, 0.25) is 0 Å². The van der Waals surface area contributed by atoms with Crippen LogP contribution in [-0.4, -0.2) is 5.84 Å². The standard InChI is InChI=1S/C47H44N4S/c1-6-18-36(19-7-2)51(44-28-15-11-21-34(44)4)37-30-31-49-42(26-10-8-9-20-33(3)35(5)32-37)40-23-12-14-27-43(40)50-47(48)41-25-17-24-39-38-22-13-16-29-45(38)52-46(39)41/h6-25,27-32,42,49H,1,3,5,26H2,2,4H3,(H2,48,50)/b10-8-,19-7-,20-9-,31-30-,36-18+,37-32+. The van der Waals surface area contributed by atoms with Crippen LogP contribution in [0.3, 0.4) is 0 Å². The Morgan fingerprint density at radius 2 is 1.67 bits per heavy atom. The summed E-state index contributed by atoms with van der Waals surface area (Å²) in [4.78, 5) is 7.30. The number of anilines is 1. The summed E-state index contributed by atoms with van der Waals surface area (Å²) >= 11 is 1.75. The monoisotopic (exact) mass is 696 g/mol. The van der Waals surface area contributed by atoms with Gasteiger partial charge in [0, 0.05) is 48.4 Å². The van der Waals surface area contributed by atoms with Crippen LogP contribution in [0.15, 0.2) is 205 Å². The minimum absolute atomic E-state index is 0.104. The van der Waals surface area contributed by atoms with Crippen LogP contribution in [-0.2, 0) is 0 Å². The Morgan fingerprint density at radius 1 is 0.904 bits per heavy atom. The second-order valence-electron chi connectivity index (χ2n) is 12.5. The van der Waals surface area contributed by atoms with E-state index >= 15 is 0 Å². The number of nitrogens with zero attached hydrogens (tertiary/aromatic N) is 2. The zero-order valence-electron chi connectivity index (χ0n) is 29.8. The van der Waals surface area contributed by atoms with E-state index in [1.54, 1.807) is 11.3 Å². The van der Waals surface area contributed by atoms with Gasteiger partial charge >= 0.3 is 0 Å². The molecule has 1 aromatic heterocycles. The normalized spacial score (nSPS) is 18.9. The van der Waals surface area contributed by atoms with Crippen LogP contribution in [0.25, 0.3) is 20.2 Å². The number of amidine groups is 1. The first-order valence-electron chi connectivity index (χ1n) is 17.4. The molecule has 4 nitrogen and oxygen atoms in total.